The summed E-state index contributed by atoms with van der Waals surface area (Å²) in [7, 11) is 0. The monoisotopic (exact) mass is 903 g/mol. The molecule has 0 fully saturated rings. The van der Waals surface area contributed by atoms with E-state index < -0.39 is 6.10 Å². The maximum atomic E-state index is 12.8. The van der Waals surface area contributed by atoms with Gasteiger partial charge < -0.3 is 14.2 Å². The summed E-state index contributed by atoms with van der Waals surface area (Å²) in [5.74, 6) is -0.968. The van der Waals surface area contributed by atoms with Crippen LogP contribution in [-0.2, 0) is 28.6 Å². The van der Waals surface area contributed by atoms with Gasteiger partial charge >= 0.3 is 17.9 Å². The maximum Gasteiger partial charge on any atom is 0.306 e. The van der Waals surface area contributed by atoms with E-state index in [1.165, 1.54) is 77.0 Å². The Hall–Kier alpha value is -3.67. The van der Waals surface area contributed by atoms with Crippen LogP contribution in [-0.4, -0.2) is 37.2 Å². The van der Waals surface area contributed by atoms with Crippen molar-refractivity contribution in [2.45, 2.75) is 245 Å². The smallest absolute Gasteiger partial charge is 0.306 e. The zero-order valence-corrected chi connectivity index (χ0v) is 42.2. The van der Waals surface area contributed by atoms with E-state index in [0.29, 0.717) is 19.3 Å². The summed E-state index contributed by atoms with van der Waals surface area (Å²) in [5, 5.41) is 0. The van der Waals surface area contributed by atoms with Crippen molar-refractivity contribution in [3.63, 3.8) is 0 Å². The lowest BCUT2D eigenvalue weighted by molar-refractivity contribution is -0.167. The molecule has 0 aromatic carbocycles. The SMILES string of the molecule is CCCC/C=C\CCCCCCCC(=O)OC[C@@H](COC(=O)CCCCC/C=C\C/C=C\C/C=C\C/C=C\CCCCC)OC(=O)CCCCCC/C=C\C/C=C\C/C=C\CCCCC. The lowest BCUT2D eigenvalue weighted by atomic mass is 10.1. The normalized spacial score (nSPS) is 12.8. The number of carbonyl (C=O) groups excluding carboxylic acids is 3. The summed E-state index contributed by atoms with van der Waals surface area (Å²) >= 11 is 0. The van der Waals surface area contributed by atoms with Gasteiger partial charge in [-0.3, -0.25) is 14.4 Å². The number of ether oxygens (including phenoxy) is 3. The molecule has 0 aromatic rings. The third kappa shape index (κ3) is 51.2. The molecule has 0 spiro atoms. The molecule has 0 saturated carbocycles. The Morgan fingerprint density at radius 1 is 0.308 bits per heavy atom. The number of rotatable bonds is 47. The number of hydrogen-bond acceptors (Lipinski definition) is 6. The van der Waals surface area contributed by atoms with Crippen molar-refractivity contribution >= 4 is 17.9 Å². The highest BCUT2D eigenvalue weighted by molar-refractivity contribution is 5.71. The Labute approximate surface area is 400 Å². The summed E-state index contributed by atoms with van der Waals surface area (Å²) in [6, 6.07) is 0. The van der Waals surface area contributed by atoms with E-state index in [1.54, 1.807) is 0 Å². The highest BCUT2D eigenvalue weighted by Gasteiger charge is 2.19. The van der Waals surface area contributed by atoms with Gasteiger partial charge in [0.25, 0.3) is 0 Å². The van der Waals surface area contributed by atoms with E-state index in [9.17, 15) is 14.4 Å². The Morgan fingerprint density at radius 3 is 0.938 bits per heavy atom. The first-order valence-corrected chi connectivity index (χ1v) is 26.7. The van der Waals surface area contributed by atoms with Crippen LogP contribution in [0.4, 0.5) is 0 Å². The summed E-state index contributed by atoms with van der Waals surface area (Å²) in [4.78, 5) is 38.0. The van der Waals surface area contributed by atoms with Gasteiger partial charge in [-0.2, -0.15) is 0 Å². The second kappa shape index (κ2) is 52.9. The summed E-state index contributed by atoms with van der Waals surface area (Å²) in [6.07, 6.45) is 69.6. The quantitative estimate of drug-likeness (QED) is 0.0262. The summed E-state index contributed by atoms with van der Waals surface area (Å²) < 4.78 is 16.8. The van der Waals surface area contributed by atoms with Gasteiger partial charge in [0, 0.05) is 19.3 Å². The van der Waals surface area contributed by atoms with Crippen molar-refractivity contribution in [1.82, 2.24) is 0 Å². The van der Waals surface area contributed by atoms with Crippen molar-refractivity contribution in [3.05, 3.63) is 97.2 Å². The molecule has 0 radical (unpaired) electrons. The second-order valence-corrected chi connectivity index (χ2v) is 17.4. The van der Waals surface area contributed by atoms with Crippen molar-refractivity contribution in [3.8, 4) is 0 Å². The molecule has 0 amide bonds. The molecule has 65 heavy (non-hydrogen) atoms. The van der Waals surface area contributed by atoms with Gasteiger partial charge in [0.15, 0.2) is 6.10 Å². The van der Waals surface area contributed by atoms with Gasteiger partial charge in [0.1, 0.15) is 13.2 Å². The van der Waals surface area contributed by atoms with Crippen molar-refractivity contribution in [2.24, 2.45) is 0 Å². The van der Waals surface area contributed by atoms with Crippen LogP contribution in [0.1, 0.15) is 239 Å². The molecule has 0 heterocycles. The van der Waals surface area contributed by atoms with Crippen molar-refractivity contribution < 1.29 is 28.6 Å². The molecule has 0 saturated heterocycles. The van der Waals surface area contributed by atoms with Gasteiger partial charge in [-0.25, -0.2) is 0 Å². The third-order valence-electron chi connectivity index (χ3n) is 11.0. The largest absolute Gasteiger partial charge is 0.462 e. The van der Waals surface area contributed by atoms with Crippen LogP contribution in [0, 0.1) is 0 Å². The lowest BCUT2D eigenvalue weighted by Gasteiger charge is -2.18. The standard InChI is InChI=1S/C59H98O6/c1-4-7-10-13-16-19-22-24-26-28-29-31-32-34-37-40-43-46-49-52-58(61)64-55-56(54-63-57(60)51-48-45-42-39-36-21-18-15-12-9-6-3)65-59(62)53-50-47-44-41-38-35-33-30-27-25-23-20-17-14-11-8-5-2/h15-20,24-27,29,31,33-35,37,56H,4-14,21-23,28,30,32,36,38-55H2,1-3H3/b18-15-,19-16-,20-17-,26-24-,27-25-,31-29-,35-33-,37-34-/t56-/m0/s1. The zero-order valence-electron chi connectivity index (χ0n) is 42.2. The van der Waals surface area contributed by atoms with Gasteiger partial charge in [0.2, 0.25) is 0 Å². The molecule has 0 bridgehead atoms. The Morgan fingerprint density at radius 2 is 0.569 bits per heavy atom. The molecule has 1 atom stereocenters. The molecule has 0 aliphatic rings. The molecule has 0 aliphatic carbocycles. The van der Waals surface area contributed by atoms with Gasteiger partial charge in [-0.05, 0) is 122 Å². The number of unbranched alkanes of at least 4 members (excludes halogenated alkanes) is 20. The molecular weight excluding hydrogens is 805 g/mol. The molecule has 0 rings (SSSR count). The van der Waals surface area contributed by atoms with E-state index in [1.807, 2.05) is 0 Å². The lowest BCUT2D eigenvalue weighted by Crippen LogP contribution is -2.30. The average molecular weight is 903 g/mol. The minimum absolute atomic E-state index is 0.103. The zero-order chi connectivity index (χ0) is 47.2. The van der Waals surface area contributed by atoms with Crippen molar-refractivity contribution in [1.29, 1.82) is 0 Å². The predicted octanol–water partition coefficient (Wildman–Crippen LogP) is 17.8. The van der Waals surface area contributed by atoms with Gasteiger partial charge in [-0.15, -0.1) is 0 Å². The Kier molecular flexibility index (Phi) is 50.0. The fourth-order valence-electron chi connectivity index (χ4n) is 6.94. The number of esters is 3. The van der Waals surface area contributed by atoms with Crippen LogP contribution >= 0.6 is 0 Å². The van der Waals surface area contributed by atoms with Crippen LogP contribution in [0.3, 0.4) is 0 Å². The van der Waals surface area contributed by atoms with E-state index in [4.69, 9.17) is 14.2 Å². The van der Waals surface area contributed by atoms with Crippen LogP contribution in [0.15, 0.2) is 97.2 Å². The van der Waals surface area contributed by atoms with Gasteiger partial charge in [-0.1, -0.05) is 195 Å². The molecule has 370 valence electrons. The van der Waals surface area contributed by atoms with Crippen LogP contribution in [0.25, 0.3) is 0 Å². The summed E-state index contributed by atoms with van der Waals surface area (Å²) in [5.41, 5.74) is 0. The van der Waals surface area contributed by atoms with Crippen LogP contribution in [0.5, 0.6) is 0 Å². The van der Waals surface area contributed by atoms with E-state index in [0.717, 1.165) is 122 Å². The molecule has 6 nitrogen and oxygen atoms in total. The first-order chi connectivity index (χ1) is 32.0. The molecule has 6 heteroatoms. The molecule has 0 aromatic heterocycles. The van der Waals surface area contributed by atoms with E-state index in [-0.39, 0.29) is 31.1 Å². The van der Waals surface area contributed by atoms with Crippen LogP contribution in [0.2, 0.25) is 0 Å². The second-order valence-electron chi connectivity index (χ2n) is 17.4. The topological polar surface area (TPSA) is 78.9 Å². The Bertz CT molecular complexity index is 1310. The highest BCUT2D eigenvalue weighted by atomic mass is 16.6. The first-order valence-electron chi connectivity index (χ1n) is 26.7. The molecular formula is C59H98O6. The van der Waals surface area contributed by atoms with Crippen LogP contribution < -0.4 is 0 Å². The van der Waals surface area contributed by atoms with Gasteiger partial charge in [0.05, 0.1) is 0 Å². The Balaban J connectivity index is 4.48. The molecule has 0 unspecified atom stereocenters. The average Bonchev–Trinajstić information content (AvgIpc) is 3.30. The minimum atomic E-state index is -0.806. The summed E-state index contributed by atoms with van der Waals surface area (Å²) in [6.45, 7) is 6.48. The number of carbonyl (C=O) groups is 3. The number of hydrogen-bond donors (Lipinski definition) is 0. The fourth-order valence-corrected chi connectivity index (χ4v) is 6.94. The third-order valence-corrected chi connectivity index (χ3v) is 11.0. The predicted molar refractivity (Wildman–Crippen MR) is 279 cm³/mol. The molecule has 0 aliphatic heterocycles. The highest BCUT2D eigenvalue weighted by Crippen LogP contribution is 2.12. The number of allylic oxidation sites excluding steroid dienone is 16. The first kappa shape index (κ1) is 61.3. The van der Waals surface area contributed by atoms with E-state index in [2.05, 4.69) is 118 Å². The van der Waals surface area contributed by atoms with Crippen molar-refractivity contribution in [2.75, 3.05) is 13.2 Å². The minimum Gasteiger partial charge on any atom is -0.462 e. The fraction of sp³-hybridized carbons (Fsp3) is 0.678. The molecule has 0 N–H and O–H groups in total. The van der Waals surface area contributed by atoms with E-state index >= 15 is 0 Å². The maximum absolute atomic E-state index is 12.8.